The maximum Gasteiger partial charge on any atom is 0.243 e. The number of halogens is 2. The lowest BCUT2D eigenvalue weighted by Crippen LogP contribution is -2.22. The molecular formula is C17H17Cl2N3O3. The zero-order valence-corrected chi connectivity index (χ0v) is 15.2. The number of hydrogen-bond donors (Lipinski definition) is 3. The van der Waals surface area contributed by atoms with Gasteiger partial charge in [-0.25, -0.2) is 0 Å². The lowest BCUT2D eigenvalue weighted by atomic mass is 10.2. The highest BCUT2D eigenvalue weighted by Crippen LogP contribution is 2.30. The van der Waals surface area contributed by atoms with Gasteiger partial charge in [0.1, 0.15) is 5.75 Å². The zero-order chi connectivity index (χ0) is 18.4. The molecule has 0 saturated heterocycles. The fourth-order valence-corrected chi connectivity index (χ4v) is 2.46. The third-order valence-corrected chi connectivity index (χ3v) is 4.00. The van der Waals surface area contributed by atoms with Crippen LogP contribution in [0.5, 0.6) is 5.75 Å². The maximum absolute atomic E-state index is 12.2. The number of methoxy groups -OCH3 is 1. The first kappa shape index (κ1) is 18.9. The number of hydrogen-bond acceptors (Lipinski definition) is 4. The minimum atomic E-state index is -0.311. The first-order chi connectivity index (χ1) is 11.9. The van der Waals surface area contributed by atoms with Gasteiger partial charge >= 0.3 is 0 Å². The summed E-state index contributed by atoms with van der Waals surface area (Å²) >= 11 is 12.0. The van der Waals surface area contributed by atoms with Crippen molar-refractivity contribution < 1.29 is 14.3 Å². The first-order valence-electron chi connectivity index (χ1n) is 7.34. The van der Waals surface area contributed by atoms with Crippen LogP contribution in [0.4, 0.5) is 17.1 Å². The quantitative estimate of drug-likeness (QED) is 0.705. The molecule has 0 aliphatic heterocycles. The normalized spacial score (nSPS) is 10.1. The summed E-state index contributed by atoms with van der Waals surface area (Å²) in [6.07, 6.45) is 0. The second-order valence-electron chi connectivity index (χ2n) is 5.10. The number of rotatable bonds is 6. The van der Waals surface area contributed by atoms with Gasteiger partial charge in [0.2, 0.25) is 11.8 Å². The topological polar surface area (TPSA) is 79.5 Å². The molecule has 6 nitrogen and oxygen atoms in total. The monoisotopic (exact) mass is 381 g/mol. The Morgan fingerprint density at radius 2 is 1.84 bits per heavy atom. The van der Waals surface area contributed by atoms with E-state index in [2.05, 4.69) is 16.0 Å². The van der Waals surface area contributed by atoms with Crippen LogP contribution in [0.2, 0.25) is 10.0 Å². The minimum Gasteiger partial charge on any atom is -0.495 e. The third-order valence-electron chi connectivity index (χ3n) is 3.18. The van der Waals surface area contributed by atoms with Gasteiger partial charge in [0.15, 0.2) is 0 Å². The highest BCUT2D eigenvalue weighted by molar-refractivity contribution is 6.43. The second kappa shape index (κ2) is 8.60. The molecule has 25 heavy (non-hydrogen) atoms. The van der Waals surface area contributed by atoms with Crippen molar-refractivity contribution in [3.05, 3.63) is 46.4 Å². The van der Waals surface area contributed by atoms with Crippen LogP contribution in [-0.2, 0) is 9.59 Å². The summed E-state index contributed by atoms with van der Waals surface area (Å²) in [5, 5.41) is 9.04. The van der Waals surface area contributed by atoms with Crippen molar-refractivity contribution >= 4 is 52.1 Å². The minimum absolute atomic E-state index is 0.0203. The van der Waals surface area contributed by atoms with Crippen LogP contribution in [0.3, 0.4) is 0 Å². The van der Waals surface area contributed by atoms with E-state index in [-0.39, 0.29) is 18.4 Å². The van der Waals surface area contributed by atoms with E-state index >= 15 is 0 Å². The van der Waals surface area contributed by atoms with Gasteiger partial charge < -0.3 is 20.7 Å². The Morgan fingerprint density at radius 1 is 1.08 bits per heavy atom. The Hall–Kier alpha value is -2.44. The highest BCUT2D eigenvalue weighted by atomic mass is 35.5. The van der Waals surface area contributed by atoms with Crippen LogP contribution in [0.25, 0.3) is 0 Å². The number of benzene rings is 2. The summed E-state index contributed by atoms with van der Waals surface area (Å²) in [6.45, 7) is 1.38. The molecule has 0 saturated carbocycles. The smallest absolute Gasteiger partial charge is 0.243 e. The fourth-order valence-electron chi connectivity index (χ4n) is 2.10. The first-order valence-corrected chi connectivity index (χ1v) is 8.09. The van der Waals surface area contributed by atoms with Gasteiger partial charge in [-0.15, -0.1) is 0 Å². The van der Waals surface area contributed by atoms with Crippen molar-refractivity contribution in [2.45, 2.75) is 6.92 Å². The Morgan fingerprint density at radius 3 is 2.52 bits per heavy atom. The van der Waals surface area contributed by atoms with E-state index in [1.54, 1.807) is 36.4 Å². The molecule has 0 radical (unpaired) electrons. The largest absolute Gasteiger partial charge is 0.495 e. The van der Waals surface area contributed by atoms with E-state index in [1.165, 1.54) is 14.0 Å². The summed E-state index contributed by atoms with van der Waals surface area (Å²) < 4.78 is 5.22. The molecule has 0 fully saturated rings. The van der Waals surface area contributed by atoms with E-state index in [4.69, 9.17) is 27.9 Å². The molecule has 3 N–H and O–H groups in total. The zero-order valence-electron chi connectivity index (χ0n) is 13.7. The molecule has 132 valence electrons. The van der Waals surface area contributed by atoms with Gasteiger partial charge in [0, 0.05) is 12.6 Å². The molecule has 0 aliphatic carbocycles. The number of ether oxygens (including phenoxy) is 1. The predicted octanol–water partition coefficient (Wildman–Crippen LogP) is 4.01. The van der Waals surface area contributed by atoms with E-state index in [1.807, 2.05) is 0 Å². The molecule has 2 aromatic rings. The van der Waals surface area contributed by atoms with E-state index < -0.39 is 0 Å². The predicted molar refractivity (Wildman–Crippen MR) is 101 cm³/mol. The number of carbonyl (C=O) groups is 2. The lowest BCUT2D eigenvalue weighted by Gasteiger charge is -2.13. The van der Waals surface area contributed by atoms with Gasteiger partial charge in [-0.3, -0.25) is 9.59 Å². The van der Waals surface area contributed by atoms with Crippen LogP contribution < -0.4 is 20.7 Å². The van der Waals surface area contributed by atoms with Crippen LogP contribution in [0, 0.1) is 0 Å². The van der Waals surface area contributed by atoms with Crippen molar-refractivity contribution in [3.63, 3.8) is 0 Å². The van der Waals surface area contributed by atoms with Gasteiger partial charge in [-0.05, 0) is 30.3 Å². The molecule has 2 rings (SSSR count). The van der Waals surface area contributed by atoms with E-state index in [9.17, 15) is 9.59 Å². The average molecular weight is 382 g/mol. The van der Waals surface area contributed by atoms with Gasteiger partial charge in [-0.1, -0.05) is 29.3 Å². The summed E-state index contributed by atoms with van der Waals surface area (Å²) in [4.78, 5) is 23.3. The molecule has 0 unspecified atom stereocenters. The van der Waals surface area contributed by atoms with Gasteiger partial charge in [0.25, 0.3) is 0 Å². The lowest BCUT2D eigenvalue weighted by molar-refractivity contribution is -0.115. The van der Waals surface area contributed by atoms with E-state index in [0.717, 1.165) is 0 Å². The summed E-state index contributed by atoms with van der Waals surface area (Å²) in [7, 11) is 1.49. The Kier molecular flexibility index (Phi) is 6.50. The number of carbonyl (C=O) groups excluding carboxylic acids is 2. The third kappa shape index (κ3) is 5.27. The molecule has 0 heterocycles. The number of amides is 2. The molecule has 2 amide bonds. The summed E-state index contributed by atoms with van der Waals surface area (Å²) in [6, 6.07) is 10.1. The number of anilines is 3. The molecule has 0 bridgehead atoms. The Bertz CT molecular complexity index is 797. The fraction of sp³-hybridized carbons (Fsp3) is 0.176. The molecule has 0 atom stereocenters. The SMILES string of the molecule is COc1ccc(NC(C)=O)cc1NC(=O)CNc1cccc(Cl)c1Cl. The second-order valence-corrected chi connectivity index (χ2v) is 5.88. The van der Waals surface area contributed by atoms with Crippen molar-refractivity contribution in [2.24, 2.45) is 0 Å². The van der Waals surface area contributed by atoms with Crippen molar-refractivity contribution in [3.8, 4) is 5.75 Å². The summed E-state index contributed by atoms with van der Waals surface area (Å²) in [5.74, 6) is -0.0442. The Balaban J connectivity index is 2.06. The molecule has 0 aromatic heterocycles. The van der Waals surface area contributed by atoms with Crippen LogP contribution >= 0.6 is 23.2 Å². The van der Waals surface area contributed by atoms with Crippen LogP contribution in [0.15, 0.2) is 36.4 Å². The van der Waals surface area contributed by atoms with Crippen LogP contribution in [0.1, 0.15) is 6.92 Å². The molecule has 2 aromatic carbocycles. The maximum atomic E-state index is 12.2. The van der Waals surface area contributed by atoms with Crippen molar-refractivity contribution in [1.82, 2.24) is 0 Å². The van der Waals surface area contributed by atoms with Gasteiger partial charge in [0.05, 0.1) is 35.1 Å². The van der Waals surface area contributed by atoms with Crippen molar-refractivity contribution in [1.29, 1.82) is 0 Å². The standard InChI is InChI=1S/C17H17Cl2N3O3/c1-10(23)21-11-6-7-15(25-2)14(8-11)22-16(24)9-20-13-5-3-4-12(18)17(13)19/h3-8,20H,9H2,1-2H3,(H,21,23)(H,22,24). The molecule has 8 heteroatoms. The highest BCUT2D eigenvalue weighted by Gasteiger charge is 2.11. The van der Waals surface area contributed by atoms with Crippen molar-refractivity contribution in [2.75, 3.05) is 29.6 Å². The summed E-state index contributed by atoms with van der Waals surface area (Å²) in [5.41, 5.74) is 1.55. The molecule has 0 spiro atoms. The average Bonchev–Trinajstić information content (AvgIpc) is 2.56. The molecule has 0 aliphatic rings. The molecular weight excluding hydrogens is 365 g/mol. The Labute approximate surface area is 155 Å². The number of nitrogens with one attached hydrogen (secondary N) is 3. The van der Waals surface area contributed by atoms with E-state index in [0.29, 0.717) is 32.9 Å². The van der Waals surface area contributed by atoms with Gasteiger partial charge in [-0.2, -0.15) is 0 Å². The van der Waals surface area contributed by atoms with Crippen LogP contribution in [-0.4, -0.2) is 25.5 Å².